The van der Waals surface area contributed by atoms with E-state index in [-0.39, 0.29) is 6.61 Å². The van der Waals surface area contributed by atoms with Crippen LogP contribution in [0.25, 0.3) is 5.52 Å². The van der Waals surface area contributed by atoms with Crippen molar-refractivity contribution in [3.05, 3.63) is 77.6 Å². The number of fused-ring (bicyclic) bond motifs is 1. The summed E-state index contributed by atoms with van der Waals surface area (Å²) in [6, 6.07) is 16.8. The van der Waals surface area contributed by atoms with E-state index in [1.165, 1.54) is 11.1 Å². The second-order valence-corrected chi connectivity index (χ2v) is 5.79. The van der Waals surface area contributed by atoms with Crippen molar-refractivity contribution in [1.82, 2.24) is 4.40 Å². The molecule has 0 amide bonds. The minimum atomic E-state index is 0.0944. The number of nitrogens with zero attached hydrogens (tertiary/aromatic N) is 1. The summed E-state index contributed by atoms with van der Waals surface area (Å²) in [4.78, 5) is 0. The lowest BCUT2D eigenvalue weighted by Gasteiger charge is -2.04. The maximum absolute atomic E-state index is 9.32. The Kier molecular flexibility index (Phi) is 4.09. The van der Waals surface area contributed by atoms with Crippen LogP contribution in [0.1, 0.15) is 16.7 Å². The monoisotopic (exact) mass is 283 g/mol. The lowest BCUT2D eigenvalue weighted by Crippen LogP contribution is -1.89. The maximum atomic E-state index is 9.32. The predicted octanol–water partition coefficient (Wildman–Crippen LogP) is 3.87. The van der Waals surface area contributed by atoms with Gasteiger partial charge in [0.15, 0.2) is 0 Å². The first kappa shape index (κ1) is 13.3. The standard InChI is InChI=1S/C17H17NOS/c19-11-16-7-9-18-8-6-15(10-17(16)18)13-20-12-14-4-2-1-3-5-14/h1-10,19H,11-13H2. The number of aliphatic hydroxyl groups excluding tert-OH is 1. The van der Waals surface area contributed by atoms with Crippen LogP contribution < -0.4 is 0 Å². The van der Waals surface area contributed by atoms with Gasteiger partial charge in [0.2, 0.25) is 0 Å². The molecule has 0 atom stereocenters. The number of hydrogen-bond donors (Lipinski definition) is 1. The topological polar surface area (TPSA) is 24.6 Å². The van der Waals surface area contributed by atoms with Crippen LogP contribution in [-0.2, 0) is 18.1 Å². The first-order valence-electron chi connectivity index (χ1n) is 6.68. The van der Waals surface area contributed by atoms with E-state index in [0.717, 1.165) is 22.6 Å². The third-order valence-electron chi connectivity index (χ3n) is 3.37. The van der Waals surface area contributed by atoms with Crippen molar-refractivity contribution in [3.63, 3.8) is 0 Å². The number of benzene rings is 1. The van der Waals surface area contributed by atoms with E-state index >= 15 is 0 Å². The molecule has 0 fully saturated rings. The molecular formula is C17H17NOS. The van der Waals surface area contributed by atoms with Gasteiger partial charge in [-0.05, 0) is 29.3 Å². The molecule has 0 aliphatic rings. The lowest BCUT2D eigenvalue weighted by molar-refractivity contribution is 0.283. The highest BCUT2D eigenvalue weighted by atomic mass is 32.2. The van der Waals surface area contributed by atoms with E-state index in [4.69, 9.17) is 0 Å². The zero-order valence-corrected chi connectivity index (χ0v) is 12.0. The Morgan fingerprint density at radius 1 is 0.900 bits per heavy atom. The molecule has 0 radical (unpaired) electrons. The molecule has 2 nitrogen and oxygen atoms in total. The van der Waals surface area contributed by atoms with Crippen molar-refractivity contribution < 1.29 is 5.11 Å². The highest BCUT2D eigenvalue weighted by Crippen LogP contribution is 2.20. The first-order chi connectivity index (χ1) is 9.86. The molecule has 3 heteroatoms. The van der Waals surface area contributed by atoms with Gasteiger partial charge in [0.05, 0.1) is 12.1 Å². The normalized spacial score (nSPS) is 11.1. The molecule has 0 aliphatic heterocycles. The number of hydrogen-bond acceptors (Lipinski definition) is 2. The van der Waals surface area contributed by atoms with Gasteiger partial charge in [-0.1, -0.05) is 30.3 Å². The van der Waals surface area contributed by atoms with Gasteiger partial charge in [-0.3, -0.25) is 0 Å². The second-order valence-electron chi connectivity index (χ2n) is 4.80. The number of thioether (sulfide) groups is 1. The molecule has 2 heterocycles. The zero-order chi connectivity index (χ0) is 13.8. The smallest absolute Gasteiger partial charge is 0.0702 e. The summed E-state index contributed by atoms with van der Waals surface area (Å²) in [5.41, 5.74) is 4.74. The van der Waals surface area contributed by atoms with Crippen LogP contribution >= 0.6 is 11.8 Å². The van der Waals surface area contributed by atoms with Crippen LogP contribution in [-0.4, -0.2) is 9.51 Å². The molecule has 3 aromatic rings. The number of rotatable bonds is 5. The Morgan fingerprint density at radius 2 is 1.65 bits per heavy atom. The fraction of sp³-hybridized carbons (Fsp3) is 0.176. The summed E-state index contributed by atoms with van der Waals surface area (Å²) >= 11 is 1.91. The third kappa shape index (κ3) is 2.89. The molecule has 102 valence electrons. The number of pyridine rings is 1. The van der Waals surface area contributed by atoms with Crippen LogP contribution in [0.5, 0.6) is 0 Å². The van der Waals surface area contributed by atoms with E-state index in [9.17, 15) is 5.11 Å². The van der Waals surface area contributed by atoms with Gasteiger partial charge in [0.25, 0.3) is 0 Å². The molecule has 0 aliphatic carbocycles. The zero-order valence-electron chi connectivity index (χ0n) is 11.2. The van der Waals surface area contributed by atoms with Crippen molar-refractivity contribution in [2.24, 2.45) is 0 Å². The SMILES string of the molecule is OCc1ccn2ccc(CSCc3ccccc3)cc12. The first-order valence-corrected chi connectivity index (χ1v) is 7.83. The van der Waals surface area contributed by atoms with E-state index in [0.29, 0.717) is 0 Å². The van der Waals surface area contributed by atoms with Gasteiger partial charge in [-0.15, -0.1) is 0 Å². The molecule has 0 saturated heterocycles. The van der Waals surface area contributed by atoms with Crippen LogP contribution in [0.2, 0.25) is 0 Å². The fourth-order valence-corrected chi connectivity index (χ4v) is 3.23. The molecule has 2 aromatic heterocycles. The highest BCUT2D eigenvalue weighted by molar-refractivity contribution is 7.97. The van der Waals surface area contributed by atoms with Crippen LogP contribution in [0.3, 0.4) is 0 Å². The Bertz CT molecular complexity index is 691. The average molecular weight is 283 g/mol. The summed E-state index contributed by atoms with van der Waals surface area (Å²) in [5.74, 6) is 2.02. The van der Waals surface area contributed by atoms with Gasteiger partial charge in [-0.25, -0.2) is 0 Å². The van der Waals surface area contributed by atoms with Crippen molar-refractivity contribution in [1.29, 1.82) is 0 Å². The molecule has 0 unspecified atom stereocenters. The Hall–Kier alpha value is -1.71. The average Bonchev–Trinajstić information content (AvgIpc) is 2.91. The highest BCUT2D eigenvalue weighted by Gasteiger charge is 2.03. The molecule has 0 bridgehead atoms. The van der Waals surface area contributed by atoms with Gasteiger partial charge < -0.3 is 9.51 Å². The summed E-state index contributed by atoms with van der Waals surface area (Å²) in [7, 11) is 0. The molecule has 3 rings (SSSR count). The second kappa shape index (κ2) is 6.16. The van der Waals surface area contributed by atoms with Crippen LogP contribution in [0.4, 0.5) is 0 Å². The third-order valence-corrected chi connectivity index (χ3v) is 4.44. The van der Waals surface area contributed by atoms with Crippen molar-refractivity contribution >= 4 is 17.3 Å². The van der Waals surface area contributed by atoms with Crippen LogP contribution in [0.15, 0.2) is 60.9 Å². The number of aromatic nitrogens is 1. The molecule has 1 aromatic carbocycles. The van der Waals surface area contributed by atoms with E-state index in [1.807, 2.05) is 30.1 Å². The van der Waals surface area contributed by atoms with Gasteiger partial charge in [0, 0.05) is 29.5 Å². The van der Waals surface area contributed by atoms with Gasteiger partial charge >= 0.3 is 0 Å². The van der Waals surface area contributed by atoms with Crippen molar-refractivity contribution in [2.75, 3.05) is 0 Å². The summed E-state index contributed by atoms with van der Waals surface area (Å²) in [6.07, 6.45) is 4.05. The molecular weight excluding hydrogens is 266 g/mol. The summed E-state index contributed by atoms with van der Waals surface area (Å²) in [6.45, 7) is 0.0944. The van der Waals surface area contributed by atoms with Crippen LogP contribution in [0, 0.1) is 0 Å². The van der Waals surface area contributed by atoms with E-state index in [2.05, 4.69) is 47.0 Å². The Balaban J connectivity index is 1.68. The minimum absolute atomic E-state index is 0.0944. The number of aliphatic hydroxyl groups is 1. The van der Waals surface area contributed by atoms with E-state index in [1.54, 1.807) is 0 Å². The largest absolute Gasteiger partial charge is 0.392 e. The van der Waals surface area contributed by atoms with Crippen molar-refractivity contribution in [3.8, 4) is 0 Å². The summed E-state index contributed by atoms with van der Waals surface area (Å²) in [5, 5.41) is 9.32. The Morgan fingerprint density at radius 3 is 2.45 bits per heavy atom. The van der Waals surface area contributed by atoms with Gasteiger partial charge in [-0.2, -0.15) is 11.8 Å². The molecule has 0 spiro atoms. The van der Waals surface area contributed by atoms with Crippen molar-refractivity contribution in [2.45, 2.75) is 18.1 Å². The maximum Gasteiger partial charge on any atom is 0.0702 e. The predicted molar refractivity (Wildman–Crippen MR) is 84.8 cm³/mol. The summed E-state index contributed by atoms with van der Waals surface area (Å²) < 4.78 is 2.05. The lowest BCUT2D eigenvalue weighted by atomic mass is 10.2. The molecule has 0 saturated carbocycles. The quantitative estimate of drug-likeness (QED) is 0.769. The van der Waals surface area contributed by atoms with E-state index < -0.39 is 0 Å². The Labute approximate surface area is 123 Å². The fourth-order valence-electron chi connectivity index (χ4n) is 2.28. The molecule has 1 N–H and O–H groups in total. The minimum Gasteiger partial charge on any atom is -0.392 e. The molecule has 20 heavy (non-hydrogen) atoms. The van der Waals surface area contributed by atoms with Gasteiger partial charge in [0.1, 0.15) is 0 Å².